The van der Waals surface area contributed by atoms with E-state index in [9.17, 15) is 4.39 Å². The van der Waals surface area contributed by atoms with Crippen LogP contribution in [-0.2, 0) is 0 Å². The SMILES string of the molecule is COc1cccc(C(NN)c2ccc(OC)c(F)c2)c1. The van der Waals surface area contributed by atoms with Gasteiger partial charge < -0.3 is 9.47 Å². The van der Waals surface area contributed by atoms with Gasteiger partial charge >= 0.3 is 0 Å². The van der Waals surface area contributed by atoms with Gasteiger partial charge in [0.2, 0.25) is 0 Å². The summed E-state index contributed by atoms with van der Waals surface area (Å²) in [5, 5.41) is 0. The molecule has 0 radical (unpaired) electrons. The van der Waals surface area contributed by atoms with Crippen LogP contribution in [0.2, 0.25) is 0 Å². The van der Waals surface area contributed by atoms with Gasteiger partial charge in [-0.05, 0) is 35.4 Å². The molecule has 0 aliphatic carbocycles. The summed E-state index contributed by atoms with van der Waals surface area (Å²) in [4.78, 5) is 0. The molecule has 20 heavy (non-hydrogen) atoms. The third-order valence-electron chi connectivity index (χ3n) is 3.10. The largest absolute Gasteiger partial charge is 0.497 e. The molecule has 2 aromatic rings. The van der Waals surface area contributed by atoms with Crippen molar-refractivity contribution < 1.29 is 13.9 Å². The molecule has 0 bridgehead atoms. The first-order chi connectivity index (χ1) is 9.69. The van der Waals surface area contributed by atoms with E-state index in [1.54, 1.807) is 19.2 Å². The zero-order valence-corrected chi connectivity index (χ0v) is 11.4. The molecular weight excluding hydrogens is 259 g/mol. The minimum absolute atomic E-state index is 0.204. The highest BCUT2D eigenvalue weighted by molar-refractivity contribution is 5.39. The lowest BCUT2D eigenvalue weighted by Gasteiger charge is -2.18. The number of hydrogen-bond acceptors (Lipinski definition) is 4. The van der Waals surface area contributed by atoms with Crippen molar-refractivity contribution in [3.8, 4) is 11.5 Å². The topological polar surface area (TPSA) is 56.5 Å². The van der Waals surface area contributed by atoms with E-state index in [0.717, 1.165) is 11.3 Å². The predicted molar refractivity (Wildman–Crippen MR) is 75.1 cm³/mol. The Morgan fingerprint density at radius 3 is 2.40 bits per heavy atom. The smallest absolute Gasteiger partial charge is 0.165 e. The zero-order chi connectivity index (χ0) is 14.5. The van der Waals surface area contributed by atoms with E-state index >= 15 is 0 Å². The van der Waals surface area contributed by atoms with E-state index in [4.69, 9.17) is 15.3 Å². The predicted octanol–water partition coefficient (Wildman–Crippen LogP) is 2.40. The highest BCUT2D eigenvalue weighted by atomic mass is 19.1. The van der Waals surface area contributed by atoms with Gasteiger partial charge in [0.25, 0.3) is 0 Å². The van der Waals surface area contributed by atoms with Gasteiger partial charge in [-0.2, -0.15) is 0 Å². The monoisotopic (exact) mass is 276 g/mol. The summed E-state index contributed by atoms with van der Waals surface area (Å²) in [7, 11) is 3.02. The summed E-state index contributed by atoms with van der Waals surface area (Å²) >= 11 is 0. The van der Waals surface area contributed by atoms with Crippen molar-refractivity contribution in [1.29, 1.82) is 0 Å². The van der Waals surface area contributed by atoms with Crippen molar-refractivity contribution in [3.05, 3.63) is 59.4 Å². The number of halogens is 1. The molecule has 5 heteroatoms. The van der Waals surface area contributed by atoms with Crippen molar-refractivity contribution in [2.75, 3.05) is 14.2 Å². The van der Waals surface area contributed by atoms with Crippen molar-refractivity contribution in [1.82, 2.24) is 5.43 Å². The third kappa shape index (κ3) is 2.89. The van der Waals surface area contributed by atoms with Crippen LogP contribution in [0.5, 0.6) is 11.5 Å². The molecule has 1 unspecified atom stereocenters. The van der Waals surface area contributed by atoms with Gasteiger partial charge in [0.05, 0.1) is 20.3 Å². The molecule has 0 aliphatic rings. The lowest BCUT2D eigenvalue weighted by molar-refractivity contribution is 0.385. The Balaban J connectivity index is 2.38. The van der Waals surface area contributed by atoms with Crippen LogP contribution >= 0.6 is 0 Å². The normalized spacial score (nSPS) is 12.0. The molecule has 0 heterocycles. The van der Waals surface area contributed by atoms with E-state index in [1.807, 2.05) is 24.3 Å². The van der Waals surface area contributed by atoms with Crippen molar-refractivity contribution in [2.45, 2.75) is 6.04 Å². The summed E-state index contributed by atoms with van der Waals surface area (Å²) in [5.74, 6) is 6.10. The molecule has 106 valence electrons. The Bertz CT molecular complexity index is 590. The van der Waals surface area contributed by atoms with Gasteiger partial charge in [-0.25, -0.2) is 9.82 Å². The number of nitrogens with two attached hydrogens (primary N) is 1. The van der Waals surface area contributed by atoms with E-state index in [1.165, 1.54) is 13.2 Å². The van der Waals surface area contributed by atoms with Crippen LogP contribution in [-0.4, -0.2) is 14.2 Å². The number of hydrogen-bond donors (Lipinski definition) is 2. The van der Waals surface area contributed by atoms with E-state index < -0.39 is 5.82 Å². The summed E-state index contributed by atoms with van der Waals surface area (Å²) in [6.07, 6.45) is 0. The molecule has 0 saturated carbocycles. The second-order valence-corrected chi connectivity index (χ2v) is 4.27. The molecule has 0 spiro atoms. The first-order valence-electron chi connectivity index (χ1n) is 6.13. The molecule has 0 amide bonds. The second-order valence-electron chi connectivity index (χ2n) is 4.27. The number of nitrogens with one attached hydrogen (secondary N) is 1. The van der Waals surface area contributed by atoms with Gasteiger partial charge in [0.1, 0.15) is 5.75 Å². The van der Waals surface area contributed by atoms with Crippen LogP contribution in [0.3, 0.4) is 0 Å². The number of benzene rings is 2. The maximum Gasteiger partial charge on any atom is 0.165 e. The Hall–Kier alpha value is -2.11. The maximum atomic E-state index is 13.8. The molecule has 2 aromatic carbocycles. The summed E-state index contributed by atoms with van der Waals surface area (Å²) < 4.78 is 23.9. The van der Waals surface area contributed by atoms with E-state index in [2.05, 4.69) is 5.43 Å². The van der Waals surface area contributed by atoms with E-state index in [0.29, 0.717) is 5.56 Å². The second kappa shape index (κ2) is 6.36. The van der Waals surface area contributed by atoms with Crippen LogP contribution in [0.1, 0.15) is 17.2 Å². The minimum Gasteiger partial charge on any atom is -0.497 e. The van der Waals surface area contributed by atoms with Crippen molar-refractivity contribution in [3.63, 3.8) is 0 Å². The molecule has 0 saturated heterocycles. The Morgan fingerprint density at radius 1 is 1.05 bits per heavy atom. The van der Waals surface area contributed by atoms with Crippen molar-refractivity contribution >= 4 is 0 Å². The number of hydrazine groups is 1. The summed E-state index contributed by atoms with van der Waals surface area (Å²) in [6.45, 7) is 0. The molecule has 3 N–H and O–H groups in total. The minimum atomic E-state index is -0.423. The standard InChI is InChI=1S/C15H17FN2O2/c1-19-12-5-3-4-10(8-12)15(18-17)11-6-7-14(20-2)13(16)9-11/h3-9,15,18H,17H2,1-2H3. The maximum absolute atomic E-state index is 13.8. The number of ether oxygens (including phenoxy) is 2. The van der Waals surface area contributed by atoms with Gasteiger partial charge in [-0.1, -0.05) is 18.2 Å². The highest BCUT2D eigenvalue weighted by Crippen LogP contribution is 2.27. The van der Waals surface area contributed by atoms with Crippen molar-refractivity contribution in [2.24, 2.45) is 5.84 Å². The van der Waals surface area contributed by atoms with Crippen LogP contribution in [0.15, 0.2) is 42.5 Å². The van der Waals surface area contributed by atoms with Gasteiger partial charge in [-0.3, -0.25) is 5.84 Å². The lowest BCUT2D eigenvalue weighted by Crippen LogP contribution is -2.28. The molecule has 2 rings (SSSR count). The zero-order valence-electron chi connectivity index (χ0n) is 11.4. The van der Waals surface area contributed by atoms with Gasteiger partial charge in [0.15, 0.2) is 11.6 Å². The van der Waals surface area contributed by atoms with Crippen LogP contribution in [0.4, 0.5) is 4.39 Å². The average Bonchev–Trinajstić information content (AvgIpc) is 2.48. The quantitative estimate of drug-likeness (QED) is 0.650. The lowest BCUT2D eigenvalue weighted by atomic mass is 9.99. The number of methoxy groups -OCH3 is 2. The fourth-order valence-electron chi connectivity index (χ4n) is 2.07. The van der Waals surface area contributed by atoms with Gasteiger partial charge in [0, 0.05) is 0 Å². The molecule has 0 aliphatic heterocycles. The first kappa shape index (κ1) is 14.3. The fraction of sp³-hybridized carbons (Fsp3) is 0.200. The molecule has 0 fully saturated rings. The first-order valence-corrected chi connectivity index (χ1v) is 6.13. The summed E-state index contributed by atoms with van der Waals surface area (Å²) in [6, 6.07) is 11.9. The highest BCUT2D eigenvalue weighted by Gasteiger charge is 2.15. The molecule has 0 aromatic heterocycles. The van der Waals surface area contributed by atoms with Gasteiger partial charge in [-0.15, -0.1) is 0 Å². The molecule has 1 atom stereocenters. The molecular formula is C15H17FN2O2. The fourth-order valence-corrected chi connectivity index (χ4v) is 2.07. The Labute approximate surface area is 117 Å². The van der Waals surface area contributed by atoms with Crippen LogP contribution in [0.25, 0.3) is 0 Å². The Kier molecular flexibility index (Phi) is 4.55. The molecule has 4 nitrogen and oxygen atoms in total. The van der Waals surface area contributed by atoms with E-state index in [-0.39, 0.29) is 11.8 Å². The van der Waals surface area contributed by atoms with Crippen LogP contribution < -0.4 is 20.7 Å². The summed E-state index contributed by atoms with van der Waals surface area (Å²) in [5.41, 5.74) is 4.28. The average molecular weight is 276 g/mol. The number of rotatable bonds is 5. The van der Waals surface area contributed by atoms with Crippen LogP contribution in [0, 0.1) is 5.82 Å². The Morgan fingerprint density at radius 2 is 1.80 bits per heavy atom. The third-order valence-corrected chi connectivity index (χ3v) is 3.10.